The molecule has 0 saturated carbocycles. The molecular weight excluding hydrogens is 136 g/mol. The standard InChI is InChI=1S/C4H10N4S/c5-4-7-3-2(9-4)1-6-8-3/h2-4,6-8H,1,5H2. The molecule has 0 aliphatic carbocycles. The Hall–Kier alpha value is 0.190. The fourth-order valence-electron chi connectivity index (χ4n) is 1.16. The van der Waals surface area contributed by atoms with Gasteiger partial charge in [-0.25, -0.2) is 5.43 Å². The maximum atomic E-state index is 5.61. The van der Waals surface area contributed by atoms with Crippen LogP contribution in [0.1, 0.15) is 0 Å². The third kappa shape index (κ3) is 0.948. The predicted molar refractivity (Wildman–Crippen MR) is 37.4 cm³/mol. The van der Waals surface area contributed by atoms with E-state index in [0.717, 1.165) is 6.54 Å². The molecule has 0 aromatic carbocycles. The minimum atomic E-state index is 0.120. The van der Waals surface area contributed by atoms with Gasteiger partial charge in [-0.3, -0.25) is 10.7 Å². The van der Waals surface area contributed by atoms with Crippen LogP contribution in [0, 0.1) is 0 Å². The summed E-state index contributed by atoms with van der Waals surface area (Å²) in [7, 11) is 0. The maximum absolute atomic E-state index is 5.61. The molecule has 2 rings (SSSR count). The molecule has 9 heavy (non-hydrogen) atoms. The third-order valence-corrected chi connectivity index (χ3v) is 2.82. The fraction of sp³-hybridized carbons (Fsp3) is 1.00. The SMILES string of the molecule is NC1NC2NNCC2S1. The maximum Gasteiger partial charge on any atom is 0.105 e. The summed E-state index contributed by atoms with van der Waals surface area (Å²) in [4.78, 5) is 0. The van der Waals surface area contributed by atoms with Crippen molar-refractivity contribution in [1.82, 2.24) is 16.2 Å². The van der Waals surface area contributed by atoms with E-state index in [2.05, 4.69) is 16.2 Å². The van der Waals surface area contributed by atoms with E-state index in [9.17, 15) is 0 Å². The van der Waals surface area contributed by atoms with Crippen molar-refractivity contribution < 1.29 is 0 Å². The Kier molecular flexibility index (Phi) is 1.39. The Morgan fingerprint density at radius 3 is 3.22 bits per heavy atom. The molecule has 2 aliphatic rings. The van der Waals surface area contributed by atoms with Gasteiger partial charge in [0.1, 0.15) is 5.50 Å². The first-order valence-corrected chi connectivity index (χ1v) is 3.96. The Morgan fingerprint density at radius 2 is 2.44 bits per heavy atom. The molecule has 0 aromatic heterocycles. The van der Waals surface area contributed by atoms with E-state index in [1.165, 1.54) is 0 Å². The number of nitrogens with two attached hydrogens (primary N) is 1. The molecule has 5 heteroatoms. The second-order valence-electron chi connectivity index (χ2n) is 2.26. The van der Waals surface area contributed by atoms with Crippen LogP contribution in [-0.2, 0) is 0 Å². The molecule has 2 aliphatic heterocycles. The first-order chi connectivity index (χ1) is 4.36. The summed E-state index contributed by atoms with van der Waals surface area (Å²) in [6.07, 6.45) is 0.380. The van der Waals surface area contributed by atoms with Crippen LogP contribution < -0.4 is 21.9 Å². The molecule has 52 valence electrons. The molecule has 0 spiro atoms. The van der Waals surface area contributed by atoms with Crippen LogP contribution in [0.4, 0.5) is 0 Å². The minimum absolute atomic E-state index is 0.120. The zero-order valence-corrected chi connectivity index (χ0v) is 5.74. The molecular formula is C4H10N4S. The van der Waals surface area contributed by atoms with Gasteiger partial charge < -0.3 is 5.73 Å². The highest BCUT2D eigenvalue weighted by Gasteiger charge is 2.35. The molecule has 4 nitrogen and oxygen atoms in total. The van der Waals surface area contributed by atoms with Gasteiger partial charge in [0.15, 0.2) is 0 Å². The largest absolute Gasteiger partial charge is 0.307 e. The summed E-state index contributed by atoms with van der Waals surface area (Å²) in [6.45, 7) is 1.01. The average molecular weight is 146 g/mol. The van der Waals surface area contributed by atoms with Crippen LogP contribution in [0.2, 0.25) is 0 Å². The Balaban J connectivity index is 2.02. The van der Waals surface area contributed by atoms with Crippen LogP contribution in [0.15, 0.2) is 0 Å². The molecule has 0 amide bonds. The van der Waals surface area contributed by atoms with E-state index in [0.29, 0.717) is 11.4 Å². The number of hydrogen-bond acceptors (Lipinski definition) is 5. The molecule has 0 radical (unpaired) electrons. The van der Waals surface area contributed by atoms with E-state index < -0.39 is 0 Å². The molecule has 3 atom stereocenters. The summed E-state index contributed by atoms with van der Waals surface area (Å²) < 4.78 is 0. The van der Waals surface area contributed by atoms with Crippen molar-refractivity contribution >= 4 is 11.8 Å². The van der Waals surface area contributed by atoms with E-state index in [1.807, 2.05) is 0 Å². The monoisotopic (exact) mass is 146 g/mol. The van der Waals surface area contributed by atoms with Gasteiger partial charge in [-0.2, -0.15) is 0 Å². The highest BCUT2D eigenvalue weighted by molar-refractivity contribution is 8.00. The lowest BCUT2D eigenvalue weighted by molar-refractivity contribution is 0.475. The van der Waals surface area contributed by atoms with Gasteiger partial charge in [0.2, 0.25) is 0 Å². The normalized spacial score (nSPS) is 49.7. The average Bonchev–Trinajstić information content (AvgIpc) is 2.22. The Bertz CT molecular complexity index is 107. The van der Waals surface area contributed by atoms with Crippen molar-refractivity contribution in [3.8, 4) is 0 Å². The van der Waals surface area contributed by atoms with Gasteiger partial charge in [-0.1, -0.05) is 0 Å². The van der Waals surface area contributed by atoms with Gasteiger partial charge in [0.05, 0.1) is 11.4 Å². The number of thioether (sulfide) groups is 1. The molecule has 2 saturated heterocycles. The van der Waals surface area contributed by atoms with E-state index >= 15 is 0 Å². The van der Waals surface area contributed by atoms with Gasteiger partial charge in [0, 0.05) is 6.54 Å². The molecule has 3 unspecified atom stereocenters. The van der Waals surface area contributed by atoms with Crippen LogP contribution in [0.3, 0.4) is 0 Å². The second-order valence-corrected chi connectivity index (χ2v) is 3.65. The highest BCUT2D eigenvalue weighted by atomic mass is 32.2. The molecule has 2 heterocycles. The Morgan fingerprint density at radius 1 is 1.56 bits per heavy atom. The minimum Gasteiger partial charge on any atom is -0.307 e. The summed E-state index contributed by atoms with van der Waals surface area (Å²) in [5, 5.41) is 3.79. The molecule has 0 bridgehead atoms. The smallest absolute Gasteiger partial charge is 0.105 e. The number of rotatable bonds is 0. The van der Waals surface area contributed by atoms with Crippen LogP contribution in [0.25, 0.3) is 0 Å². The first-order valence-electron chi connectivity index (χ1n) is 3.02. The Labute approximate surface area is 57.9 Å². The van der Waals surface area contributed by atoms with Crippen LogP contribution in [-0.4, -0.2) is 23.5 Å². The highest BCUT2D eigenvalue weighted by Crippen LogP contribution is 2.24. The van der Waals surface area contributed by atoms with Crippen LogP contribution in [0.5, 0.6) is 0 Å². The lowest BCUT2D eigenvalue weighted by Crippen LogP contribution is -2.45. The molecule has 2 fully saturated rings. The van der Waals surface area contributed by atoms with Crippen molar-refractivity contribution in [2.45, 2.75) is 16.9 Å². The predicted octanol–water partition coefficient (Wildman–Crippen LogP) is -1.63. The van der Waals surface area contributed by atoms with Crippen molar-refractivity contribution in [2.24, 2.45) is 5.73 Å². The summed E-state index contributed by atoms with van der Waals surface area (Å²) in [5.74, 6) is 0. The van der Waals surface area contributed by atoms with Gasteiger partial charge >= 0.3 is 0 Å². The first kappa shape index (κ1) is 5.94. The van der Waals surface area contributed by atoms with E-state index in [-0.39, 0.29) is 5.50 Å². The lowest BCUT2D eigenvalue weighted by Gasteiger charge is -2.06. The zero-order chi connectivity index (χ0) is 6.27. The molecule has 0 aromatic rings. The number of nitrogens with one attached hydrogen (secondary N) is 3. The summed E-state index contributed by atoms with van der Waals surface area (Å²) >= 11 is 1.78. The van der Waals surface area contributed by atoms with Crippen molar-refractivity contribution in [3.05, 3.63) is 0 Å². The number of hydrogen-bond donors (Lipinski definition) is 4. The van der Waals surface area contributed by atoms with Crippen molar-refractivity contribution in [1.29, 1.82) is 0 Å². The number of fused-ring (bicyclic) bond motifs is 1. The quantitative estimate of drug-likeness (QED) is 0.330. The zero-order valence-electron chi connectivity index (χ0n) is 4.92. The summed E-state index contributed by atoms with van der Waals surface area (Å²) in [5.41, 5.74) is 11.9. The van der Waals surface area contributed by atoms with Crippen molar-refractivity contribution in [3.63, 3.8) is 0 Å². The fourth-order valence-corrected chi connectivity index (χ4v) is 2.25. The van der Waals surface area contributed by atoms with Gasteiger partial charge in [-0.15, -0.1) is 11.8 Å². The lowest BCUT2D eigenvalue weighted by atomic mass is 10.4. The number of hydrazine groups is 1. The second kappa shape index (κ2) is 2.10. The van der Waals surface area contributed by atoms with Crippen LogP contribution >= 0.6 is 11.8 Å². The summed E-state index contributed by atoms with van der Waals surface area (Å²) in [6, 6.07) is 0. The van der Waals surface area contributed by atoms with Gasteiger partial charge in [-0.05, 0) is 0 Å². The van der Waals surface area contributed by atoms with Crippen molar-refractivity contribution in [2.75, 3.05) is 6.54 Å². The van der Waals surface area contributed by atoms with E-state index in [1.54, 1.807) is 11.8 Å². The van der Waals surface area contributed by atoms with Gasteiger partial charge in [0.25, 0.3) is 0 Å². The van der Waals surface area contributed by atoms with E-state index in [4.69, 9.17) is 5.73 Å². The topological polar surface area (TPSA) is 62.1 Å². The molecule has 5 N–H and O–H groups in total. The third-order valence-electron chi connectivity index (χ3n) is 1.60.